The van der Waals surface area contributed by atoms with E-state index in [0.29, 0.717) is 24.8 Å². The maximum Gasteiger partial charge on any atom is 0.303 e. The van der Waals surface area contributed by atoms with E-state index < -0.39 is 50.4 Å². The third-order valence-corrected chi connectivity index (χ3v) is 3.68. The van der Waals surface area contributed by atoms with Crippen LogP contribution in [0.3, 0.4) is 0 Å². The Bertz CT molecular complexity index is 798. The summed E-state index contributed by atoms with van der Waals surface area (Å²) < 4.78 is 68.3. The van der Waals surface area contributed by atoms with Gasteiger partial charge < -0.3 is 10.2 Å². The molecule has 1 fully saturated rings. The normalized spacial score (nSPS) is 31.0. The lowest BCUT2D eigenvalue weighted by atomic mass is 9.96. The molecule has 0 aliphatic heterocycles. The molecule has 4 nitrogen and oxygen atoms in total. The van der Waals surface area contributed by atoms with Crippen molar-refractivity contribution in [2.45, 2.75) is 70.6 Å². The Morgan fingerprint density at radius 1 is 1.33 bits per heavy atom. The highest BCUT2D eigenvalue weighted by molar-refractivity contribution is 5.99. The third kappa shape index (κ3) is 7.73. The lowest BCUT2D eigenvalue weighted by Crippen LogP contribution is -2.13. The average Bonchev–Trinajstić information content (AvgIpc) is 2.93. The summed E-state index contributed by atoms with van der Waals surface area (Å²) in [4.78, 5) is 22.7. The van der Waals surface area contributed by atoms with Gasteiger partial charge in [0.05, 0.1) is 6.10 Å². The first kappa shape index (κ1) is 10.3. The van der Waals surface area contributed by atoms with E-state index in [1.54, 1.807) is 12.2 Å². The maximum absolute atomic E-state index is 12.2. The Balaban J connectivity index is 2.86. The number of rotatable bonds is 11. The van der Waals surface area contributed by atoms with Gasteiger partial charge in [-0.1, -0.05) is 50.0 Å². The zero-order valence-electron chi connectivity index (χ0n) is 22.5. The molecule has 0 aromatic heterocycles. The van der Waals surface area contributed by atoms with Crippen molar-refractivity contribution in [2.75, 3.05) is 0 Å². The van der Waals surface area contributed by atoms with Crippen LogP contribution in [0.15, 0.2) is 36.0 Å². The molecule has 1 aliphatic rings. The van der Waals surface area contributed by atoms with Crippen LogP contribution in [-0.2, 0) is 9.59 Å². The zero-order chi connectivity index (χ0) is 25.7. The summed E-state index contributed by atoms with van der Waals surface area (Å²) in [5, 5.41) is 18.8. The minimum Gasteiger partial charge on any atom is -0.481 e. The number of ketones is 1. The molecule has 2 N–H and O–H groups in total. The molecule has 1 rings (SSSR count). The quantitative estimate of drug-likeness (QED) is 0.335. The van der Waals surface area contributed by atoms with Gasteiger partial charge >= 0.3 is 5.97 Å². The Kier molecular flexibility index (Phi) is 5.08. The van der Waals surface area contributed by atoms with Gasteiger partial charge in [0.2, 0.25) is 0 Å². The van der Waals surface area contributed by atoms with Gasteiger partial charge in [0.25, 0.3) is 0 Å². The predicted molar refractivity (Wildman–Crippen MR) is 95.7 cm³/mol. The number of carboxylic acid groups (broad SMARTS) is 1. The number of unbranched alkanes of at least 4 members (excludes halogenated alkanes) is 1. The van der Waals surface area contributed by atoms with Crippen molar-refractivity contribution in [1.29, 1.82) is 0 Å². The van der Waals surface area contributed by atoms with E-state index in [2.05, 4.69) is 0 Å². The van der Waals surface area contributed by atoms with Crippen molar-refractivity contribution >= 4 is 11.8 Å². The number of allylic oxidation sites excluding steroid dienone is 5. The lowest BCUT2D eigenvalue weighted by Gasteiger charge is -2.12. The van der Waals surface area contributed by atoms with Gasteiger partial charge in [0.15, 0.2) is 5.78 Å². The summed E-state index contributed by atoms with van der Waals surface area (Å²) in [5.74, 6) is -1.66. The van der Waals surface area contributed by atoms with Crippen LogP contribution in [0.4, 0.5) is 0 Å². The second-order valence-electron chi connectivity index (χ2n) is 5.48. The van der Waals surface area contributed by atoms with Crippen LogP contribution >= 0.6 is 0 Å². The molecule has 134 valence electrons. The first-order chi connectivity index (χ1) is 15.0. The van der Waals surface area contributed by atoms with E-state index in [4.69, 9.17) is 17.4 Å². The average molecular weight is 344 g/mol. The number of aliphatic hydroxyl groups excluding tert-OH is 1. The predicted octanol–water partition coefficient (Wildman–Crippen LogP) is 4.20. The molecule has 0 spiro atoms. The molecule has 0 radical (unpaired) electrons. The summed E-state index contributed by atoms with van der Waals surface area (Å²) in [5.41, 5.74) is 0.315. The Morgan fingerprint density at radius 2 is 2.17 bits per heavy atom. The molecule has 0 saturated heterocycles. The van der Waals surface area contributed by atoms with Crippen molar-refractivity contribution < 1.29 is 32.1 Å². The molecule has 1 saturated carbocycles. The van der Waals surface area contributed by atoms with E-state index in [1.165, 1.54) is 18.2 Å². The number of carbonyl (C=O) groups is 2. The van der Waals surface area contributed by atoms with E-state index in [-0.39, 0.29) is 18.6 Å². The van der Waals surface area contributed by atoms with Crippen LogP contribution in [0.5, 0.6) is 0 Å². The molecule has 2 atom stereocenters. The SMILES string of the molecule is [2H]C([2H])([2H])C([2H])([2H])C([2H])([2H])C([2H])([2H])C/C=C/C=C1/C(=O)C[C@H](O)[C@@H]1C/C=C\CCCC(=O)O. The number of hydrogen-bond donors (Lipinski definition) is 2. The molecular weight excluding hydrogens is 304 g/mol. The van der Waals surface area contributed by atoms with Gasteiger partial charge in [-0.25, -0.2) is 0 Å². The molecular formula is C20H30O4. The summed E-state index contributed by atoms with van der Waals surface area (Å²) in [6.07, 6.45) is -2.35. The summed E-state index contributed by atoms with van der Waals surface area (Å²) in [6, 6.07) is 0. The van der Waals surface area contributed by atoms with Crippen LogP contribution < -0.4 is 0 Å². The zero-order valence-corrected chi connectivity index (χ0v) is 13.5. The Labute approximate surface area is 157 Å². The number of carboxylic acids is 1. The number of aliphatic carboxylic acids is 1. The first-order valence-electron chi connectivity index (χ1n) is 12.4. The molecule has 0 aromatic rings. The smallest absolute Gasteiger partial charge is 0.303 e. The van der Waals surface area contributed by atoms with Crippen LogP contribution in [0.1, 0.15) is 76.8 Å². The van der Waals surface area contributed by atoms with E-state index in [1.807, 2.05) is 0 Å². The lowest BCUT2D eigenvalue weighted by molar-refractivity contribution is -0.137. The van der Waals surface area contributed by atoms with Gasteiger partial charge in [0, 0.05) is 36.7 Å². The second kappa shape index (κ2) is 11.8. The largest absolute Gasteiger partial charge is 0.481 e. The summed E-state index contributed by atoms with van der Waals surface area (Å²) in [7, 11) is 0. The van der Waals surface area contributed by atoms with Gasteiger partial charge in [0.1, 0.15) is 0 Å². The van der Waals surface area contributed by atoms with E-state index in [0.717, 1.165) is 0 Å². The van der Waals surface area contributed by atoms with E-state index in [9.17, 15) is 14.7 Å². The van der Waals surface area contributed by atoms with Gasteiger partial charge in [-0.2, -0.15) is 0 Å². The fourth-order valence-corrected chi connectivity index (χ4v) is 2.49. The monoisotopic (exact) mass is 343 g/mol. The topological polar surface area (TPSA) is 74.6 Å². The molecule has 0 heterocycles. The minimum absolute atomic E-state index is 0.0458. The second-order valence-corrected chi connectivity index (χ2v) is 5.48. The Hall–Kier alpha value is -1.68. The van der Waals surface area contributed by atoms with Crippen LogP contribution in [-0.4, -0.2) is 28.1 Å². The summed E-state index contributed by atoms with van der Waals surface area (Å²) >= 11 is 0. The van der Waals surface area contributed by atoms with Crippen molar-refractivity contribution in [2.24, 2.45) is 5.92 Å². The molecule has 4 heteroatoms. The van der Waals surface area contributed by atoms with Gasteiger partial charge in [-0.15, -0.1) is 0 Å². The first-order valence-corrected chi connectivity index (χ1v) is 7.90. The van der Waals surface area contributed by atoms with Crippen LogP contribution in [0, 0.1) is 5.92 Å². The minimum atomic E-state index is -3.43. The maximum atomic E-state index is 12.2. The van der Waals surface area contributed by atoms with Crippen molar-refractivity contribution in [1.82, 2.24) is 0 Å². The van der Waals surface area contributed by atoms with Crippen LogP contribution in [0.2, 0.25) is 0 Å². The summed E-state index contributed by atoms with van der Waals surface area (Å²) in [6.45, 7) is -3.36. The molecule has 24 heavy (non-hydrogen) atoms. The number of aliphatic hydroxyl groups is 1. The highest BCUT2D eigenvalue weighted by Crippen LogP contribution is 2.31. The third-order valence-electron chi connectivity index (χ3n) is 3.68. The molecule has 1 aliphatic carbocycles. The van der Waals surface area contributed by atoms with Crippen molar-refractivity contribution in [3.05, 3.63) is 36.0 Å². The van der Waals surface area contributed by atoms with Crippen molar-refractivity contribution in [3.63, 3.8) is 0 Å². The molecule has 0 amide bonds. The van der Waals surface area contributed by atoms with Gasteiger partial charge in [-0.05, 0) is 32.1 Å². The number of carbonyl (C=O) groups excluding carboxylic acids is 1. The Morgan fingerprint density at radius 3 is 2.92 bits per heavy atom. The standard InChI is InChI=1S/C20H30O4/c1-2-3-4-5-6-9-12-16-17(19(22)15-18(16)21)13-10-7-8-11-14-20(23)24/h6-7,9-10,12,17,19,22H,2-5,8,11,13-15H2,1H3,(H,23,24)/b9-6+,10-7-,16-12+/t17-,19+/m1/s1/i1D3,2D2,3D2,4D2. The fourth-order valence-electron chi connectivity index (χ4n) is 2.49. The van der Waals surface area contributed by atoms with E-state index >= 15 is 0 Å². The number of Topliss-reactive ketones (excluding diaryl/α,β-unsaturated/α-hetero) is 1. The highest BCUT2D eigenvalue weighted by Gasteiger charge is 2.35. The highest BCUT2D eigenvalue weighted by atomic mass is 16.4. The van der Waals surface area contributed by atoms with Crippen molar-refractivity contribution in [3.8, 4) is 0 Å². The fraction of sp³-hybridized carbons (Fsp3) is 0.600. The molecule has 0 aromatic carbocycles. The molecule has 0 bridgehead atoms. The molecule has 0 unspecified atom stereocenters. The van der Waals surface area contributed by atoms with Gasteiger partial charge in [-0.3, -0.25) is 9.59 Å². The van der Waals surface area contributed by atoms with Crippen LogP contribution in [0.25, 0.3) is 0 Å². The number of hydrogen-bond acceptors (Lipinski definition) is 3.